The first-order valence-electron chi connectivity index (χ1n) is 6.88. The third-order valence-electron chi connectivity index (χ3n) is 2.51. The van der Waals surface area contributed by atoms with E-state index in [9.17, 15) is 27.6 Å². The molecular weight excluding hydrogens is 321 g/mol. The Bertz CT molecular complexity index is 446. The van der Waals surface area contributed by atoms with Crippen molar-refractivity contribution in [1.29, 1.82) is 0 Å². The number of carboxylic acid groups (broad SMARTS) is 1. The number of carboxylic acids is 1. The monoisotopic (exact) mass is 342 g/mol. The Kier molecular flexibility index (Phi) is 7.32. The minimum absolute atomic E-state index is 0.0748. The van der Waals surface area contributed by atoms with Gasteiger partial charge in [0, 0.05) is 0 Å². The number of carbonyl (C=O) groups excluding carboxylic acids is 2. The molecule has 2 atom stereocenters. The van der Waals surface area contributed by atoms with Crippen molar-refractivity contribution in [3.63, 3.8) is 0 Å². The number of halogens is 3. The number of ether oxygens (including phenoxy) is 1. The van der Waals surface area contributed by atoms with Gasteiger partial charge in [0.1, 0.15) is 11.6 Å². The summed E-state index contributed by atoms with van der Waals surface area (Å²) < 4.78 is 41.9. The molecule has 0 bridgehead atoms. The van der Waals surface area contributed by atoms with Crippen LogP contribution >= 0.6 is 0 Å². The zero-order valence-corrected chi connectivity index (χ0v) is 13.3. The number of carbonyl (C=O) groups is 3. The summed E-state index contributed by atoms with van der Waals surface area (Å²) in [7, 11) is 0. The Hall–Kier alpha value is -2.00. The van der Waals surface area contributed by atoms with E-state index in [1.807, 2.05) is 5.32 Å². The normalized spacial score (nSPS) is 14.6. The molecule has 0 spiro atoms. The van der Waals surface area contributed by atoms with Gasteiger partial charge in [-0.15, -0.1) is 0 Å². The zero-order chi connectivity index (χ0) is 18.4. The molecule has 134 valence electrons. The fourth-order valence-electron chi connectivity index (χ4n) is 1.65. The number of hydrogen-bond acceptors (Lipinski definition) is 4. The van der Waals surface area contributed by atoms with Gasteiger partial charge in [0.25, 0.3) is 0 Å². The molecule has 10 heteroatoms. The average Bonchev–Trinajstić information content (AvgIpc) is 2.31. The third-order valence-corrected chi connectivity index (χ3v) is 2.51. The molecule has 0 saturated carbocycles. The Morgan fingerprint density at radius 3 is 2.00 bits per heavy atom. The van der Waals surface area contributed by atoms with Crippen LogP contribution in [0, 0.1) is 0 Å². The van der Waals surface area contributed by atoms with E-state index in [-0.39, 0.29) is 6.42 Å². The van der Waals surface area contributed by atoms with Crippen LogP contribution in [0.3, 0.4) is 0 Å². The number of hydrogen-bond donors (Lipinski definition) is 3. The maximum absolute atomic E-state index is 12.3. The molecule has 2 amide bonds. The second-order valence-corrected chi connectivity index (χ2v) is 5.83. The van der Waals surface area contributed by atoms with Crippen LogP contribution in [-0.2, 0) is 14.3 Å². The number of amides is 2. The zero-order valence-electron chi connectivity index (χ0n) is 13.3. The van der Waals surface area contributed by atoms with Crippen molar-refractivity contribution in [1.82, 2.24) is 10.6 Å². The van der Waals surface area contributed by atoms with Crippen LogP contribution < -0.4 is 10.6 Å². The van der Waals surface area contributed by atoms with Crippen molar-refractivity contribution in [2.24, 2.45) is 0 Å². The van der Waals surface area contributed by atoms with E-state index in [0.717, 1.165) is 0 Å². The summed E-state index contributed by atoms with van der Waals surface area (Å²) in [4.78, 5) is 33.9. The molecule has 0 fully saturated rings. The second-order valence-electron chi connectivity index (χ2n) is 5.83. The molecule has 2 unspecified atom stereocenters. The highest BCUT2D eigenvalue weighted by molar-refractivity contribution is 5.85. The van der Waals surface area contributed by atoms with Crippen LogP contribution in [0.5, 0.6) is 0 Å². The lowest BCUT2D eigenvalue weighted by atomic mass is 10.0. The molecule has 0 saturated heterocycles. The maximum Gasteiger partial charge on any atom is 0.471 e. The predicted molar refractivity (Wildman–Crippen MR) is 73.7 cm³/mol. The summed E-state index contributed by atoms with van der Waals surface area (Å²) in [6.07, 6.45) is -6.04. The summed E-state index contributed by atoms with van der Waals surface area (Å²) in [5.74, 6) is -3.86. The highest BCUT2D eigenvalue weighted by Gasteiger charge is 2.42. The minimum Gasteiger partial charge on any atom is -0.480 e. The highest BCUT2D eigenvalue weighted by Crippen LogP contribution is 2.16. The standard InChI is InChI=1S/C13H21F3N2O5/c1-5-6-7(17-10(21)13(14,15)16)8(9(19)20)18-11(22)23-12(2,3)4/h7-8H,5-6H2,1-4H3,(H,17,21)(H,18,22)(H,19,20). The summed E-state index contributed by atoms with van der Waals surface area (Å²) in [6, 6.07) is -3.18. The SMILES string of the molecule is CCCC(NC(=O)C(F)(F)F)C(NC(=O)OC(C)(C)C)C(=O)O. The van der Waals surface area contributed by atoms with Gasteiger partial charge < -0.3 is 20.5 Å². The van der Waals surface area contributed by atoms with Crippen LogP contribution in [0.2, 0.25) is 0 Å². The minimum atomic E-state index is -5.15. The summed E-state index contributed by atoms with van der Waals surface area (Å²) >= 11 is 0. The molecule has 0 aromatic heterocycles. The number of aliphatic carboxylic acids is 1. The van der Waals surface area contributed by atoms with Crippen molar-refractivity contribution in [3.05, 3.63) is 0 Å². The summed E-state index contributed by atoms with van der Waals surface area (Å²) in [6.45, 7) is 6.21. The smallest absolute Gasteiger partial charge is 0.471 e. The van der Waals surface area contributed by atoms with Crippen molar-refractivity contribution < 1.29 is 37.4 Å². The first-order chi connectivity index (χ1) is 10.3. The first kappa shape index (κ1) is 21.0. The predicted octanol–water partition coefficient (Wildman–Crippen LogP) is 1.81. The Morgan fingerprint density at radius 2 is 1.65 bits per heavy atom. The van der Waals surface area contributed by atoms with E-state index >= 15 is 0 Å². The summed E-state index contributed by atoms with van der Waals surface area (Å²) in [5, 5.41) is 12.7. The molecule has 0 radical (unpaired) electrons. The fraction of sp³-hybridized carbons (Fsp3) is 0.769. The molecule has 0 aliphatic rings. The number of alkyl carbamates (subject to hydrolysis) is 1. The van der Waals surface area contributed by atoms with Crippen molar-refractivity contribution in [3.8, 4) is 0 Å². The molecule has 0 aliphatic heterocycles. The van der Waals surface area contributed by atoms with Gasteiger partial charge in [0.05, 0.1) is 6.04 Å². The van der Waals surface area contributed by atoms with E-state index in [2.05, 4.69) is 0 Å². The third kappa shape index (κ3) is 8.27. The van der Waals surface area contributed by atoms with Crippen molar-refractivity contribution >= 4 is 18.0 Å². The van der Waals surface area contributed by atoms with Gasteiger partial charge in [-0.05, 0) is 27.2 Å². The van der Waals surface area contributed by atoms with Gasteiger partial charge in [-0.25, -0.2) is 9.59 Å². The van der Waals surface area contributed by atoms with Crippen LogP contribution in [0.4, 0.5) is 18.0 Å². The lowest BCUT2D eigenvalue weighted by molar-refractivity contribution is -0.174. The van der Waals surface area contributed by atoms with Gasteiger partial charge in [-0.1, -0.05) is 13.3 Å². The van der Waals surface area contributed by atoms with E-state index in [4.69, 9.17) is 9.84 Å². The van der Waals surface area contributed by atoms with Crippen LogP contribution in [0.15, 0.2) is 0 Å². The first-order valence-corrected chi connectivity index (χ1v) is 6.88. The number of nitrogens with one attached hydrogen (secondary N) is 2. The molecule has 0 heterocycles. The molecule has 23 heavy (non-hydrogen) atoms. The fourth-order valence-corrected chi connectivity index (χ4v) is 1.65. The molecule has 7 nitrogen and oxygen atoms in total. The maximum atomic E-state index is 12.3. The second kappa shape index (κ2) is 8.02. The molecular formula is C13H21F3N2O5. The van der Waals surface area contributed by atoms with Crippen LogP contribution in [0.25, 0.3) is 0 Å². The van der Waals surface area contributed by atoms with E-state index in [1.165, 1.54) is 20.8 Å². The van der Waals surface area contributed by atoms with E-state index < -0.39 is 41.8 Å². The largest absolute Gasteiger partial charge is 0.480 e. The lowest BCUT2D eigenvalue weighted by Crippen LogP contribution is -2.58. The van der Waals surface area contributed by atoms with Crippen LogP contribution in [-0.4, -0.2) is 46.9 Å². The van der Waals surface area contributed by atoms with E-state index in [0.29, 0.717) is 6.42 Å². The quantitative estimate of drug-likeness (QED) is 0.683. The average molecular weight is 342 g/mol. The summed E-state index contributed by atoms with van der Waals surface area (Å²) in [5.41, 5.74) is -0.914. The Balaban J connectivity index is 5.14. The van der Waals surface area contributed by atoms with Crippen molar-refractivity contribution in [2.45, 2.75) is 64.4 Å². The molecule has 0 aliphatic carbocycles. The van der Waals surface area contributed by atoms with Gasteiger partial charge in [0.15, 0.2) is 0 Å². The van der Waals surface area contributed by atoms with Crippen LogP contribution in [0.1, 0.15) is 40.5 Å². The molecule has 3 N–H and O–H groups in total. The van der Waals surface area contributed by atoms with Crippen molar-refractivity contribution in [2.75, 3.05) is 0 Å². The topological polar surface area (TPSA) is 105 Å². The Labute approximate surface area is 131 Å². The molecule has 0 aromatic rings. The number of alkyl halides is 3. The number of rotatable bonds is 6. The van der Waals surface area contributed by atoms with Gasteiger partial charge in [0.2, 0.25) is 0 Å². The van der Waals surface area contributed by atoms with Gasteiger partial charge in [-0.3, -0.25) is 4.79 Å². The molecule has 0 rings (SSSR count). The van der Waals surface area contributed by atoms with E-state index in [1.54, 1.807) is 12.2 Å². The van der Waals surface area contributed by atoms with Gasteiger partial charge in [-0.2, -0.15) is 13.2 Å². The Morgan fingerprint density at radius 1 is 1.13 bits per heavy atom. The molecule has 0 aromatic carbocycles. The van der Waals surface area contributed by atoms with Gasteiger partial charge >= 0.3 is 24.1 Å². The lowest BCUT2D eigenvalue weighted by Gasteiger charge is -2.27. The highest BCUT2D eigenvalue weighted by atomic mass is 19.4.